The summed E-state index contributed by atoms with van der Waals surface area (Å²) in [4.78, 5) is 1.59. The molecule has 4 rings (SSSR count). The molecule has 1 atom stereocenters. The molecule has 0 bridgehead atoms. The lowest BCUT2D eigenvalue weighted by molar-refractivity contribution is 0.357. The number of ether oxygens (including phenoxy) is 1. The first kappa shape index (κ1) is 13.4. The van der Waals surface area contributed by atoms with E-state index in [0.29, 0.717) is 6.04 Å². The van der Waals surface area contributed by atoms with Gasteiger partial charge in [0, 0.05) is 17.3 Å². The van der Waals surface area contributed by atoms with Crippen molar-refractivity contribution in [2.24, 2.45) is 0 Å². The van der Waals surface area contributed by atoms with E-state index in [1.807, 2.05) is 11.3 Å². The molecule has 1 unspecified atom stereocenters. The van der Waals surface area contributed by atoms with E-state index in [4.69, 9.17) is 4.74 Å². The van der Waals surface area contributed by atoms with Crippen LogP contribution in [-0.4, -0.2) is 13.2 Å². The van der Waals surface area contributed by atoms with Crippen LogP contribution < -0.4 is 10.1 Å². The summed E-state index contributed by atoms with van der Waals surface area (Å²) in [7, 11) is 0. The van der Waals surface area contributed by atoms with Crippen LogP contribution in [0.15, 0.2) is 29.6 Å². The van der Waals surface area contributed by atoms with Gasteiger partial charge in [0.25, 0.3) is 0 Å². The maximum Gasteiger partial charge on any atom is 0.122 e. The summed E-state index contributed by atoms with van der Waals surface area (Å²) in [6.07, 6.45) is 6.04. The first-order valence-electron chi connectivity index (χ1n) is 7.94. The second-order valence-corrected chi connectivity index (χ2v) is 6.99. The van der Waals surface area contributed by atoms with Gasteiger partial charge in [0.1, 0.15) is 5.75 Å². The fourth-order valence-electron chi connectivity index (χ4n) is 3.48. The summed E-state index contributed by atoms with van der Waals surface area (Å²) in [5, 5.41) is 6.00. The molecule has 2 aliphatic rings. The first-order chi connectivity index (χ1) is 10.4. The number of rotatable bonds is 4. The summed E-state index contributed by atoms with van der Waals surface area (Å²) in [6.45, 7) is 1.90. The number of nitrogens with one attached hydrogen (secondary N) is 1. The number of hydrogen-bond acceptors (Lipinski definition) is 3. The largest absolute Gasteiger partial charge is 0.493 e. The van der Waals surface area contributed by atoms with Crippen LogP contribution in [0.1, 0.15) is 40.5 Å². The van der Waals surface area contributed by atoms with Crippen LogP contribution in [0.4, 0.5) is 0 Å². The van der Waals surface area contributed by atoms with Gasteiger partial charge in [-0.3, -0.25) is 0 Å². The maximum absolute atomic E-state index is 5.57. The normalized spacial score (nSPS) is 19.9. The Kier molecular flexibility index (Phi) is 3.70. The number of hydrogen-bond donors (Lipinski definition) is 1. The Morgan fingerprint density at radius 2 is 2.24 bits per heavy atom. The molecule has 21 heavy (non-hydrogen) atoms. The lowest BCUT2D eigenvalue weighted by atomic mass is 9.94. The zero-order valence-electron chi connectivity index (χ0n) is 12.2. The van der Waals surface area contributed by atoms with Crippen LogP contribution in [0.25, 0.3) is 0 Å². The van der Waals surface area contributed by atoms with E-state index < -0.39 is 0 Å². The van der Waals surface area contributed by atoms with Gasteiger partial charge in [-0.1, -0.05) is 12.1 Å². The Labute approximate surface area is 130 Å². The molecule has 0 saturated heterocycles. The minimum atomic E-state index is 0.567. The molecule has 0 amide bonds. The van der Waals surface area contributed by atoms with Gasteiger partial charge < -0.3 is 10.1 Å². The van der Waals surface area contributed by atoms with Gasteiger partial charge in [-0.05, 0) is 66.4 Å². The van der Waals surface area contributed by atoms with E-state index in [1.54, 1.807) is 10.4 Å². The second kappa shape index (κ2) is 5.82. The Balaban J connectivity index is 1.36. The summed E-state index contributed by atoms with van der Waals surface area (Å²) >= 11 is 1.92. The molecule has 1 aliphatic heterocycles. The average Bonchev–Trinajstić information content (AvgIpc) is 3.15. The van der Waals surface area contributed by atoms with Crippen LogP contribution in [0, 0.1) is 0 Å². The van der Waals surface area contributed by atoms with E-state index in [9.17, 15) is 0 Å². The number of thiophene rings is 1. The van der Waals surface area contributed by atoms with Crippen molar-refractivity contribution in [2.75, 3.05) is 13.2 Å². The average molecular weight is 299 g/mol. The number of fused-ring (bicyclic) bond motifs is 2. The lowest BCUT2D eigenvalue weighted by Crippen LogP contribution is -2.26. The van der Waals surface area contributed by atoms with Crippen LogP contribution in [0.3, 0.4) is 0 Å². The van der Waals surface area contributed by atoms with Crippen LogP contribution in [-0.2, 0) is 19.3 Å². The molecular weight excluding hydrogens is 278 g/mol. The molecule has 0 spiro atoms. The first-order valence-corrected chi connectivity index (χ1v) is 8.82. The quantitative estimate of drug-likeness (QED) is 0.924. The minimum absolute atomic E-state index is 0.567. The van der Waals surface area contributed by atoms with Gasteiger partial charge in [0.15, 0.2) is 0 Å². The van der Waals surface area contributed by atoms with Crippen molar-refractivity contribution in [3.63, 3.8) is 0 Å². The summed E-state index contributed by atoms with van der Waals surface area (Å²) < 4.78 is 5.57. The number of aryl methyl sites for hydroxylation is 1. The van der Waals surface area contributed by atoms with Crippen LogP contribution >= 0.6 is 11.3 Å². The molecule has 0 saturated carbocycles. The molecule has 2 heterocycles. The standard InChI is InChI=1S/C18H21NOS/c1-2-16(15-8-11-21-18(15)3-1)19-9-6-13-4-5-17-14(12-13)7-10-20-17/h4-5,8,11-12,16,19H,1-3,6-7,9-10H2. The highest BCUT2D eigenvalue weighted by Crippen LogP contribution is 2.33. The molecule has 0 radical (unpaired) electrons. The zero-order valence-corrected chi connectivity index (χ0v) is 13.0. The lowest BCUT2D eigenvalue weighted by Gasteiger charge is -2.23. The predicted molar refractivity (Wildman–Crippen MR) is 87.3 cm³/mol. The van der Waals surface area contributed by atoms with Crippen molar-refractivity contribution >= 4 is 11.3 Å². The molecule has 1 aromatic heterocycles. The highest BCUT2D eigenvalue weighted by Gasteiger charge is 2.20. The molecule has 1 N–H and O–H groups in total. The third kappa shape index (κ3) is 2.72. The Hall–Kier alpha value is -1.32. The molecule has 3 heteroatoms. The van der Waals surface area contributed by atoms with Gasteiger partial charge in [-0.25, -0.2) is 0 Å². The van der Waals surface area contributed by atoms with E-state index in [2.05, 4.69) is 35.0 Å². The monoisotopic (exact) mass is 299 g/mol. The molecule has 110 valence electrons. The van der Waals surface area contributed by atoms with E-state index >= 15 is 0 Å². The second-order valence-electron chi connectivity index (χ2n) is 5.99. The van der Waals surface area contributed by atoms with Crippen LogP contribution in [0.2, 0.25) is 0 Å². The Morgan fingerprint density at radius 1 is 1.24 bits per heavy atom. The van der Waals surface area contributed by atoms with E-state index in [0.717, 1.165) is 31.7 Å². The molecular formula is C18H21NOS. The smallest absolute Gasteiger partial charge is 0.122 e. The SMILES string of the molecule is c1cc2c(s1)CCCC2NCCc1ccc2c(c1)CCO2. The molecule has 2 nitrogen and oxygen atoms in total. The van der Waals surface area contributed by atoms with Gasteiger partial charge in [0.05, 0.1) is 6.61 Å². The molecule has 1 aliphatic carbocycles. The van der Waals surface area contributed by atoms with Crippen LogP contribution in [0.5, 0.6) is 5.75 Å². The summed E-state index contributed by atoms with van der Waals surface area (Å²) in [5.74, 6) is 1.09. The zero-order chi connectivity index (χ0) is 14.1. The van der Waals surface area contributed by atoms with Crippen molar-refractivity contribution in [2.45, 2.75) is 38.1 Å². The Morgan fingerprint density at radius 3 is 3.24 bits per heavy atom. The summed E-state index contributed by atoms with van der Waals surface area (Å²) in [6, 6.07) is 9.54. The Bertz CT molecular complexity index is 634. The van der Waals surface area contributed by atoms with Gasteiger partial charge >= 0.3 is 0 Å². The molecule has 0 fully saturated rings. The van der Waals surface area contributed by atoms with E-state index in [-0.39, 0.29) is 0 Å². The van der Waals surface area contributed by atoms with Gasteiger partial charge in [-0.2, -0.15) is 0 Å². The highest BCUT2D eigenvalue weighted by atomic mass is 32.1. The fourth-order valence-corrected chi connectivity index (χ4v) is 4.47. The highest BCUT2D eigenvalue weighted by molar-refractivity contribution is 7.10. The molecule has 2 aromatic rings. The van der Waals surface area contributed by atoms with Crippen molar-refractivity contribution in [1.82, 2.24) is 5.32 Å². The maximum atomic E-state index is 5.57. The van der Waals surface area contributed by atoms with Crippen molar-refractivity contribution in [3.8, 4) is 5.75 Å². The summed E-state index contributed by atoms with van der Waals surface area (Å²) in [5.41, 5.74) is 4.35. The topological polar surface area (TPSA) is 21.3 Å². The molecule has 1 aromatic carbocycles. The third-order valence-corrected chi connectivity index (χ3v) is 5.61. The third-order valence-electron chi connectivity index (χ3n) is 4.61. The minimum Gasteiger partial charge on any atom is -0.493 e. The van der Waals surface area contributed by atoms with Gasteiger partial charge in [0.2, 0.25) is 0 Å². The van der Waals surface area contributed by atoms with E-state index in [1.165, 1.54) is 30.4 Å². The van der Waals surface area contributed by atoms with Crippen molar-refractivity contribution in [3.05, 3.63) is 51.2 Å². The fraction of sp³-hybridized carbons (Fsp3) is 0.444. The van der Waals surface area contributed by atoms with Crippen molar-refractivity contribution in [1.29, 1.82) is 0 Å². The van der Waals surface area contributed by atoms with Gasteiger partial charge in [-0.15, -0.1) is 11.3 Å². The predicted octanol–water partition coefficient (Wildman–Crippen LogP) is 3.89. The van der Waals surface area contributed by atoms with Crippen molar-refractivity contribution < 1.29 is 4.74 Å². The number of benzene rings is 1.